The van der Waals surface area contributed by atoms with E-state index in [4.69, 9.17) is 16.3 Å². The second-order valence-corrected chi connectivity index (χ2v) is 5.36. The molecule has 1 N–H and O–H groups in total. The molecule has 0 radical (unpaired) electrons. The van der Waals surface area contributed by atoms with E-state index in [2.05, 4.69) is 5.32 Å². The fraction of sp³-hybridized carbons (Fsp3) is 0.188. The first kappa shape index (κ1) is 16.8. The molecule has 0 unspecified atom stereocenters. The summed E-state index contributed by atoms with van der Waals surface area (Å²) < 4.78 is 5.31. The van der Waals surface area contributed by atoms with E-state index in [-0.39, 0.29) is 29.0 Å². The topological polar surface area (TPSA) is 81.5 Å². The van der Waals surface area contributed by atoms with Crippen molar-refractivity contribution in [3.8, 4) is 5.75 Å². The predicted octanol–water partition coefficient (Wildman–Crippen LogP) is 3.88. The van der Waals surface area contributed by atoms with E-state index < -0.39 is 4.92 Å². The maximum Gasteiger partial charge on any atom is 0.271 e. The Hall–Kier alpha value is -2.60. The molecular formula is C16H15ClN2O4. The zero-order valence-electron chi connectivity index (χ0n) is 12.6. The maximum atomic E-state index is 11.9. The lowest BCUT2D eigenvalue weighted by Crippen LogP contribution is -2.20. The van der Waals surface area contributed by atoms with E-state index in [0.29, 0.717) is 5.69 Å². The summed E-state index contributed by atoms with van der Waals surface area (Å²) in [4.78, 5) is 22.0. The highest BCUT2D eigenvalue weighted by Crippen LogP contribution is 2.28. The smallest absolute Gasteiger partial charge is 0.271 e. The van der Waals surface area contributed by atoms with Gasteiger partial charge in [-0.05, 0) is 37.1 Å². The van der Waals surface area contributed by atoms with Crippen LogP contribution in [0.3, 0.4) is 0 Å². The minimum absolute atomic E-state index is 0.0822. The monoisotopic (exact) mass is 334 g/mol. The highest BCUT2D eigenvalue weighted by Gasteiger charge is 2.12. The van der Waals surface area contributed by atoms with Crippen molar-refractivity contribution in [1.82, 2.24) is 0 Å². The van der Waals surface area contributed by atoms with Gasteiger partial charge in [-0.15, -0.1) is 0 Å². The molecule has 23 heavy (non-hydrogen) atoms. The van der Waals surface area contributed by atoms with Crippen molar-refractivity contribution in [2.24, 2.45) is 0 Å². The summed E-state index contributed by atoms with van der Waals surface area (Å²) in [6.45, 7) is 3.63. The summed E-state index contributed by atoms with van der Waals surface area (Å²) in [6, 6.07) is 9.43. The van der Waals surface area contributed by atoms with Crippen LogP contribution in [0.15, 0.2) is 36.4 Å². The van der Waals surface area contributed by atoms with Crippen LogP contribution in [0.1, 0.15) is 11.1 Å². The quantitative estimate of drug-likeness (QED) is 0.664. The molecule has 0 aliphatic carbocycles. The van der Waals surface area contributed by atoms with E-state index >= 15 is 0 Å². The van der Waals surface area contributed by atoms with Crippen molar-refractivity contribution < 1.29 is 14.5 Å². The van der Waals surface area contributed by atoms with Gasteiger partial charge in [0.1, 0.15) is 5.75 Å². The summed E-state index contributed by atoms with van der Waals surface area (Å²) in [6.07, 6.45) is 0. The second kappa shape index (κ2) is 7.11. The fourth-order valence-corrected chi connectivity index (χ4v) is 2.17. The number of amides is 1. The highest BCUT2D eigenvalue weighted by molar-refractivity contribution is 6.32. The molecular weight excluding hydrogens is 320 g/mol. The zero-order valence-corrected chi connectivity index (χ0v) is 13.4. The molecule has 2 aromatic carbocycles. The Kier molecular flexibility index (Phi) is 5.18. The molecule has 2 rings (SSSR count). The van der Waals surface area contributed by atoms with Gasteiger partial charge in [0.15, 0.2) is 6.61 Å². The number of rotatable bonds is 5. The van der Waals surface area contributed by atoms with Crippen LogP contribution in [0, 0.1) is 24.0 Å². The first-order valence-electron chi connectivity index (χ1n) is 6.81. The normalized spacial score (nSPS) is 10.2. The van der Waals surface area contributed by atoms with E-state index in [1.54, 1.807) is 6.07 Å². The van der Waals surface area contributed by atoms with Gasteiger partial charge in [-0.1, -0.05) is 23.7 Å². The summed E-state index contributed by atoms with van der Waals surface area (Å²) in [7, 11) is 0. The van der Waals surface area contributed by atoms with Crippen molar-refractivity contribution in [2.45, 2.75) is 13.8 Å². The Balaban J connectivity index is 1.99. The van der Waals surface area contributed by atoms with Crippen LogP contribution in [-0.4, -0.2) is 17.4 Å². The van der Waals surface area contributed by atoms with Crippen molar-refractivity contribution in [3.05, 3.63) is 62.7 Å². The largest absolute Gasteiger partial charge is 0.482 e. The van der Waals surface area contributed by atoms with Crippen molar-refractivity contribution in [3.63, 3.8) is 0 Å². The zero-order chi connectivity index (χ0) is 17.0. The predicted molar refractivity (Wildman–Crippen MR) is 88.1 cm³/mol. The third-order valence-corrected chi connectivity index (χ3v) is 3.66. The lowest BCUT2D eigenvalue weighted by molar-refractivity contribution is -0.384. The number of ether oxygens (including phenoxy) is 1. The van der Waals surface area contributed by atoms with Crippen LogP contribution >= 0.6 is 11.6 Å². The minimum Gasteiger partial charge on any atom is -0.482 e. The van der Waals surface area contributed by atoms with E-state index in [9.17, 15) is 14.9 Å². The fourth-order valence-electron chi connectivity index (χ4n) is 1.94. The molecule has 0 atom stereocenters. The number of nitrogens with one attached hydrogen (secondary N) is 1. The number of halogens is 1. The number of carbonyl (C=O) groups is 1. The number of non-ortho nitro benzene ring substituents is 1. The number of nitrogens with zero attached hydrogens (tertiary/aromatic N) is 1. The molecule has 0 spiro atoms. The van der Waals surface area contributed by atoms with Crippen molar-refractivity contribution in [1.29, 1.82) is 0 Å². The Morgan fingerprint density at radius 3 is 2.70 bits per heavy atom. The maximum absolute atomic E-state index is 11.9. The minimum atomic E-state index is -0.553. The van der Waals surface area contributed by atoms with E-state index in [1.165, 1.54) is 18.2 Å². The number of nitro benzene ring substituents is 1. The van der Waals surface area contributed by atoms with E-state index in [0.717, 1.165) is 11.1 Å². The Morgan fingerprint density at radius 1 is 1.30 bits per heavy atom. The molecule has 0 saturated heterocycles. The number of hydrogen-bond acceptors (Lipinski definition) is 4. The van der Waals surface area contributed by atoms with Gasteiger partial charge in [0.25, 0.3) is 11.6 Å². The lowest BCUT2D eigenvalue weighted by Gasteiger charge is -2.11. The average Bonchev–Trinajstić information content (AvgIpc) is 2.50. The molecule has 1 amide bonds. The molecule has 0 aliphatic heterocycles. The van der Waals surface area contributed by atoms with Crippen LogP contribution in [0.4, 0.5) is 11.4 Å². The Morgan fingerprint density at radius 2 is 2.04 bits per heavy atom. The highest BCUT2D eigenvalue weighted by atomic mass is 35.5. The molecule has 0 saturated carbocycles. The molecule has 0 aromatic heterocycles. The number of benzene rings is 2. The standard InChI is InChI=1S/C16H15ClN2O4/c1-10-4-3-5-14(11(10)2)18-16(20)9-23-15-7-6-12(19(21)22)8-13(15)17/h3-8H,9H2,1-2H3,(H,18,20). The van der Waals surface area contributed by atoms with Crippen LogP contribution in [-0.2, 0) is 4.79 Å². The van der Waals surface area contributed by atoms with E-state index in [1.807, 2.05) is 26.0 Å². The SMILES string of the molecule is Cc1cccc(NC(=O)COc2ccc([N+](=O)[O-])cc2Cl)c1C. The lowest BCUT2D eigenvalue weighted by atomic mass is 10.1. The molecule has 6 nitrogen and oxygen atoms in total. The summed E-state index contributed by atoms with van der Waals surface area (Å²) in [5.74, 6) is -0.124. The van der Waals surface area contributed by atoms with Gasteiger partial charge < -0.3 is 10.1 Å². The van der Waals surface area contributed by atoms with Gasteiger partial charge >= 0.3 is 0 Å². The van der Waals surface area contributed by atoms with Crippen LogP contribution < -0.4 is 10.1 Å². The van der Waals surface area contributed by atoms with Crippen molar-refractivity contribution >= 4 is 28.9 Å². The van der Waals surface area contributed by atoms with Gasteiger partial charge in [-0.25, -0.2) is 0 Å². The van der Waals surface area contributed by atoms with Crippen LogP contribution in [0.25, 0.3) is 0 Å². The third-order valence-electron chi connectivity index (χ3n) is 3.36. The molecule has 0 fully saturated rings. The number of hydrogen-bond donors (Lipinski definition) is 1. The van der Waals surface area contributed by atoms with Crippen molar-refractivity contribution in [2.75, 3.05) is 11.9 Å². The summed E-state index contributed by atoms with van der Waals surface area (Å²) >= 11 is 5.90. The van der Waals surface area contributed by atoms with Gasteiger partial charge in [-0.3, -0.25) is 14.9 Å². The molecule has 0 heterocycles. The third kappa shape index (κ3) is 4.20. The average molecular weight is 335 g/mol. The number of nitro groups is 1. The molecule has 7 heteroatoms. The molecule has 0 aliphatic rings. The molecule has 0 bridgehead atoms. The van der Waals surface area contributed by atoms with Crippen LogP contribution in [0.2, 0.25) is 5.02 Å². The van der Waals surface area contributed by atoms with Gasteiger partial charge in [0, 0.05) is 17.8 Å². The number of anilines is 1. The molecule has 2 aromatic rings. The van der Waals surface area contributed by atoms with Gasteiger partial charge in [0.05, 0.1) is 9.95 Å². The first-order chi connectivity index (χ1) is 10.9. The van der Waals surface area contributed by atoms with Gasteiger partial charge in [-0.2, -0.15) is 0 Å². The molecule has 120 valence electrons. The van der Waals surface area contributed by atoms with Gasteiger partial charge in [0.2, 0.25) is 0 Å². The second-order valence-electron chi connectivity index (χ2n) is 4.96. The summed E-state index contributed by atoms with van der Waals surface area (Å²) in [5.41, 5.74) is 2.63. The Labute approximate surface area is 138 Å². The number of carbonyl (C=O) groups excluding carboxylic acids is 1. The first-order valence-corrected chi connectivity index (χ1v) is 7.19. The Bertz CT molecular complexity index is 762. The summed E-state index contributed by atoms with van der Waals surface area (Å²) in [5, 5.41) is 13.5. The van der Waals surface area contributed by atoms with Crippen LogP contribution in [0.5, 0.6) is 5.75 Å². The number of aryl methyl sites for hydroxylation is 1.